The van der Waals surface area contributed by atoms with E-state index in [-0.39, 0.29) is 35.6 Å². The van der Waals surface area contributed by atoms with Gasteiger partial charge < -0.3 is 28.4 Å². The quantitative estimate of drug-likeness (QED) is 0.238. The van der Waals surface area contributed by atoms with Gasteiger partial charge in [-0.15, -0.1) is 0 Å². The van der Waals surface area contributed by atoms with Crippen LogP contribution in [-0.4, -0.2) is 107 Å². The summed E-state index contributed by atoms with van der Waals surface area (Å²) in [5.41, 5.74) is 0. The van der Waals surface area contributed by atoms with Crippen molar-refractivity contribution in [2.24, 2.45) is 0 Å². The standard InChI is InChI=1S/3C4H9N2O2P.La/c3*7-9(8,5-1-2-5)6-3-4-6;/h3*1-4H2,(H,7,8);/q;;;+3/p-3. The normalized spacial score (nSPS) is 27.5. The Morgan fingerprint density at radius 2 is 0.500 bits per heavy atom. The van der Waals surface area contributed by atoms with Crippen LogP contribution in [0, 0.1) is 35.6 Å². The molecule has 6 saturated heterocycles. The van der Waals surface area contributed by atoms with Gasteiger partial charge in [-0.2, -0.15) is 0 Å². The van der Waals surface area contributed by atoms with Gasteiger partial charge in [0, 0.05) is 78.5 Å². The summed E-state index contributed by atoms with van der Waals surface area (Å²) in [5, 5.41) is 0. The zero-order valence-electron chi connectivity index (χ0n) is 15.5. The van der Waals surface area contributed by atoms with Crippen molar-refractivity contribution in [3.05, 3.63) is 0 Å². The van der Waals surface area contributed by atoms with Crippen LogP contribution in [0.25, 0.3) is 0 Å². The van der Waals surface area contributed by atoms with Crippen molar-refractivity contribution in [3.8, 4) is 0 Å². The first-order chi connectivity index (χ1) is 12.6. The molecule has 0 N–H and O–H groups in total. The third kappa shape index (κ3) is 6.28. The van der Waals surface area contributed by atoms with Crippen LogP contribution in [0.2, 0.25) is 0 Å². The SMILES string of the molecule is O=P([O-])(N1CC1)N1CC1.O=P([O-])(N1CC1)N1CC1.O=P([O-])(N1CC1)N1CC1.[La+3]. The Balaban J connectivity index is 0.000000118. The van der Waals surface area contributed by atoms with Gasteiger partial charge in [-0.05, 0) is 0 Å². The predicted octanol–water partition coefficient (Wildman–Crippen LogP) is -2.74. The Labute approximate surface area is 192 Å². The first-order valence-corrected chi connectivity index (χ1v) is 13.7. The zero-order valence-corrected chi connectivity index (χ0v) is 21.8. The van der Waals surface area contributed by atoms with Crippen LogP contribution in [0.4, 0.5) is 0 Å². The molecule has 0 spiro atoms. The van der Waals surface area contributed by atoms with E-state index in [0.717, 1.165) is 78.5 Å². The van der Waals surface area contributed by atoms with Crippen molar-refractivity contribution < 1.29 is 64.0 Å². The molecule has 0 aromatic heterocycles. The van der Waals surface area contributed by atoms with Crippen LogP contribution in [0.5, 0.6) is 0 Å². The van der Waals surface area contributed by atoms with Crippen LogP contribution in [-0.2, 0) is 13.7 Å². The first-order valence-electron chi connectivity index (χ1n) is 9.09. The van der Waals surface area contributed by atoms with Gasteiger partial charge in [0.1, 0.15) is 23.0 Å². The predicted molar refractivity (Wildman–Crippen MR) is 92.3 cm³/mol. The molecule has 6 heterocycles. The molecular formula is C12H24LaN6O6P3. The minimum atomic E-state index is -3.20. The van der Waals surface area contributed by atoms with Gasteiger partial charge in [-0.25, -0.2) is 28.0 Å². The Morgan fingerprint density at radius 3 is 0.571 bits per heavy atom. The van der Waals surface area contributed by atoms with E-state index in [1.165, 1.54) is 28.0 Å². The number of rotatable bonds is 6. The fraction of sp³-hybridized carbons (Fsp3) is 1.00. The van der Waals surface area contributed by atoms with Crippen LogP contribution in [0.15, 0.2) is 0 Å². The summed E-state index contributed by atoms with van der Waals surface area (Å²) in [5.74, 6) is 0. The van der Waals surface area contributed by atoms with Gasteiger partial charge in [0.15, 0.2) is 0 Å². The topological polar surface area (TPSA) is 138 Å². The second kappa shape index (κ2) is 8.81. The zero-order chi connectivity index (χ0) is 19.4. The summed E-state index contributed by atoms with van der Waals surface area (Å²) < 4.78 is 42.1. The summed E-state index contributed by atoms with van der Waals surface area (Å²) in [7, 11) is -9.59. The molecule has 6 aliphatic rings. The van der Waals surface area contributed by atoms with Crippen LogP contribution in [0.3, 0.4) is 0 Å². The van der Waals surface area contributed by atoms with Crippen molar-refractivity contribution in [2.75, 3.05) is 78.5 Å². The summed E-state index contributed by atoms with van der Waals surface area (Å²) in [6.45, 7) is 8.80. The Kier molecular flexibility index (Phi) is 7.61. The molecule has 0 saturated carbocycles. The smallest absolute Gasteiger partial charge is 0.776 e. The van der Waals surface area contributed by atoms with Crippen LogP contribution in [0.1, 0.15) is 0 Å². The molecular weight excluding hydrogens is 556 g/mol. The van der Waals surface area contributed by atoms with E-state index in [2.05, 4.69) is 0 Å². The van der Waals surface area contributed by atoms with Gasteiger partial charge >= 0.3 is 35.6 Å². The molecule has 12 nitrogen and oxygen atoms in total. The number of hydrogen-bond acceptors (Lipinski definition) is 6. The number of hydrogen-bond donors (Lipinski definition) is 0. The van der Waals surface area contributed by atoms with E-state index in [9.17, 15) is 28.4 Å². The van der Waals surface area contributed by atoms with Gasteiger partial charge in [0.2, 0.25) is 0 Å². The summed E-state index contributed by atoms with van der Waals surface area (Å²) >= 11 is 0. The number of nitrogens with zero attached hydrogens (tertiary/aromatic N) is 6. The Hall–Kier alpha value is 1.52. The Bertz CT molecular complexity index is 580. The van der Waals surface area contributed by atoms with Gasteiger partial charge in [-0.3, -0.25) is 0 Å². The molecule has 0 atom stereocenters. The van der Waals surface area contributed by atoms with E-state index < -0.39 is 23.0 Å². The molecule has 16 heteroatoms. The van der Waals surface area contributed by atoms with Crippen molar-refractivity contribution >= 4 is 23.0 Å². The van der Waals surface area contributed by atoms with E-state index in [1.54, 1.807) is 0 Å². The largest absolute Gasteiger partial charge is 3.00 e. The second-order valence-corrected chi connectivity index (χ2v) is 13.5. The molecule has 6 rings (SSSR count). The fourth-order valence-corrected chi connectivity index (χ4v) is 6.96. The molecule has 0 unspecified atom stereocenters. The summed E-state index contributed by atoms with van der Waals surface area (Å²) in [6, 6.07) is 0. The van der Waals surface area contributed by atoms with Gasteiger partial charge in [0.25, 0.3) is 0 Å². The van der Waals surface area contributed by atoms with E-state index in [1.807, 2.05) is 0 Å². The maximum absolute atomic E-state index is 11.0. The monoisotopic (exact) mass is 580 g/mol. The van der Waals surface area contributed by atoms with Crippen LogP contribution >= 0.6 is 23.0 Å². The molecule has 6 fully saturated rings. The van der Waals surface area contributed by atoms with Crippen molar-refractivity contribution in [1.82, 2.24) is 28.0 Å². The molecule has 6 aliphatic heterocycles. The molecule has 0 radical (unpaired) electrons. The fourth-order valence-electron chi connectivity index (χ4n) is 2.32. The maximum atomic E-state index is 11.0. The molecule has 0 aromatic rings. The van der Waals surface area contributed by atoms with Gasteiger partial charge in [0.05, 0.1) is 0 Å². The van der Waals surface area contributed by atoms with Crippen LogP contribution < -0.4 is 14.7 Å². The average molecular weight is 580 g/mol. The Morgan fingerprint density at radius 1 is 0.393 bits per heavy atom. The van der Waals surface area contributed by atoms with Crippen molar-refractivity contribution in [3.63, 3.8) is 0 Å². The maximum Gasteiger partial charge on any atom is 3.00 e. The minimum Gasteiger partial charge on any atom is -0.776 e. The van der Waals surface area contributed by atoms with Crippen molar-refractivity contribution in [2.45, 2.75) is 0 Å². The third-order valence-corrected chi connectivity index (χ3v) is 11.4. The minimum absolute atomic E-state index is 0. The second-order valence-electron chi connectivity index (χ2n) is 7.19. The van der Waals surface area contributed by atoms with E-state index >= 15 is 0 Å². The van der Waals surface area contributed by atoms with Crippen molar-refractivity contribution in [1.29, 1.82) is 0 Å². The molecule has 0 aliphatic carbocycles. The third-order valence-electron chi connectivity index (χ3n) is 4.69. The average Bonchev–Trinajstić information content (AvgIpc) is 3.48. The van der Waals surface area contributed by atoms with E-state index in [0.29, 0.717) is 0 Å². The summed E-state index contributed by atoms with van der Waals surface area (Å²) in [6.07, 6.45) is 0. The molecule has 0 amide bonds. The summed E-state index contributed by atoms with van der Waals surface area (Å²) in [4.78, 5) is 33.1. The molecule has 156 valence electrons. The molecule has 28 heavy (non-hydrogen) atoms. The van der Waals surface area contributed by atoms with Gasteiger partial charge in [-0.1, -0.05) is 0 Å². The molecule has 0 bridgehead atoms. The molecule has 0 aromatic carbocycles. The first kappa shape index (κ1) is 24.2. The van der Waals surface area contributed by atoms with E-state index in [4.69, 9.17) is 0 Å².